The maximum absolute atomic E-state index is 5.51. The van der Waals surface area contributed by atoms with E-state index in [-0.39, 0.29) is 0 Å². The third-order valence-electron chi connectivity index (χ3n) is 5.54. The van der Waals surface area contributed by atoms with Crippen LogP contribution in [0.4, 0.5) is 0 Å². The number of guanidine groups is 1. The highest BCUT2D eigenvalue weighted by molar-refractivity contribution is 5.80. The first-order chi connectivity index (χ1) is 11.7. The lowest BCUT2D eigenvalue weighted by molar-refractivity contribution is 0.139. The van der Waals surface area contributed by atoms with Crippen LogP contribution >= 0.6 is 0 Å². The van der Waals surface area contributed by atoms with Crippen molar-refractivity contribution in [3.8, 4) is 0 Å². The Kier molecular flexibility index (Phi) is 6.75. The summed E-state index contributed by atoms with van der Waals surface area (Å²) < 4.78 is 5.51. The van der Waals surface area contributed by atoms with Crippen molar-refractivity contribution >= 4 is 5.96 Å². The maximum atomic E-state index is 5.51. The number of hydrogen-bond donors (Lipinski definition) is 1. The quantitative estimate of drug-likeness (QED) is 0.587. The second kappa shape index (κ2) is 9.02. The highest BCUT2D eigenvalue weighted by Gasteiger charge is 2.24. The minimum Gasteiger partial charge on any atom is -0.381 e. The van der Waals surface area contributed by atoms with Crippen molar-refractivity contribution in [2.45, 2.75) is 19.8 Å². The van der Waals surface area contributed by atoms with Crippen LogP contribution < -0.4 is 5.32 Å². The minimum atomic E-state index is 0.729. The molecule has 2 unspecified atom stereocenters. The third-order valence-corrected chi connectivity index (χ3v) is 5.54. The molecule has 3 aliphatic rings. The van der Waals surface area contributed by atoms with Crippen LogP contribution in [0.5, 0.6) is 0 Å². The summed E-state index contributed by atoms with van der Waals surface area (Å²) in [4.78, 5) is 12.4. The molecule has 2 atom stereocenters. The SMILES string of the molecule is CCNC(=NCC1CCN(C)C1)N1CCN(CC2CCOC2)CC1. The lowest BCUT2D eigenvalue weighted by atomic mass is 10.1. The molecule has 0 spiro atoms. The van der Waals surface area contributed by atoms with E-state index in [2.05, 4.69) is 34.0 Å². The Labute approximate surface area is 147 Å². The lowest BCUT2D eigenvalue weighted by Gasteiger charge is -2.37. The predicted octanol–water partition coefficient (Wildman–Crippen LogP) is 0.558. The van der Waals surface area contributed by atoms with Crippen LogP contribution in [0.15, 0.2) is 4.99 Å². The van der Waals surface area contributed by atoms with Crippen LogP contribution in [0.2, 0.25) is 0 Å². The first-order valence-corrected chi connectivity index (χ1v) is 9.76. The number of hydrogen-bond acceptors (Lipinski definition) is 4. The van der Waals surface area contributed by atoms with Gasteiger partial charge < -0.3 is 19.9 Å². The number of likely N-dealkylation sites (tertiary alicyclic amines) is 1. The Morgan fingerprint density at radius 3 is 2.58 bits per heavy atom. The van der Waals surface area contributed by atoms with Crippen molar-refractivity contribution in [2.75, 3.05) is 79.2 Å². The molecule has 6 heteroatoms. The molecule has 1 N–H and O–H groups in total. The lowest BCUT2D eigenvalue weighted by Crippen LogP contribution is -2.53. The molecule has 0 aromatic heterocycles. The molecule has 3 aliphatic heterocycles. The Morgan fingerprint density at radius 2 is 1.96 bits per heavy atom. The molecule has 6 nitrogen and oxygen atoms in total. The molecule has 0 saturated carbocycles. The molecule has 0 radical (unpaired) electrons. The Balaban J connectivity index is 1.45. The van der Waals surface area contributed by atoms with Crippen molar-refractivity contribution < 1.29 is 4.74 Å². The zero-order valence-electron chi connectivity index (χ0n) is 15.5. The Hall–Kier alpha value is -0.850. The minimum absolute atomic E-state index is 0.729. The molecular formula is C18H35N5O. The van der Waals surface area contributed by atoms with Crippen LogP contribution in [-0.4, -0.2) is 99.8 Å². The first-order valence-electron chi connectivity index (χ1n) is 9.76. The van der Waals surface area contributed by atoms with Gasteiger partial charge in [-0.15, -0.1) is 0 Å². The Morgan fingerprint density at radius 1 is 1.12 bits per heavy atom. The van der Waals surface area contributed by atoms with E-state index in [4.69, 9.17) is 9.73 Å². The van der Waals surface area contributed by atoms with Crippen molar-refractivity contribution in [1.82, 2.24) is 20.0 Å². The van der Waals surface area contributed by atoms with Crippen molar-refractivity contribution in [2.24, 2.45) is 16.8 Å². The smallest absolute Gasteiger partial charge is 0.194 e. The average Bonchev–Trinajstić information content (AvgIpc) is 3.24. The normalized spacial score (nSPS) is 30.2. The number of aliphatic imine (C=N–C) groups is 1. The van der Waals surface area contributed by atoms with Gasteiger partial charge in [0.05, 0.1) is 6.61 Å². The third kappa shape index (κ3) is 5.07. The molecule has 0 amide bonds. The fourth-order valence-electron chi connectivity index (χ4n) is 4.05. The van der Waals surface area contributed by atoms with Gasteiger partial charge in [0, 0.05) is 59.0 Å². The monoisotopic (exact) mass is 337 g/mol. The molecule has 0 bridgehead atoms. The van der Waals surface area contributed by atoms with Crippen LogP contribution in [0.1, 0.15) is 19.8 Å². The van der Waals surface area contributed by atoms with Gasteiger partial charge in [0.15, 0.2) is 5.96 Å². The van der Waals surface area contributed by atoms with Crippen LogP contribution in [0.3, 0.4) is 0 Å². The first kappa shape index (κ1) is 18.0. The second-order valence-electron chi connectivity index (χ2n) is 7.63. The molecule has 3 saturated heterocycles. The van der Waals surface area contributed by atoms with E-state index in [9.17, 15) is 0 Å². The Bertz CT molecular complexity index is 402. The highest BCUT2D eigenvalue weighted by Crippen LogP contribution is 2.16. The van der Waals surface area contributed by atoms with E-state index in [1.54, 1.807) is 0 Å². The summed E-state index contributed by atoms with van der Waals surface area (Å²) in [5, 5.41) is 3.50. The fraction of sp³-hybridized carbons (Fsp3) is 0.944. The van der Waals surface area contributed by atoms with Crippen LogP contribution in [0, 0.1) is 11.8 Å². The number of nitrogens with zero attached hydrogens (tertiary/aromatic N) is 4. The largest absolute Gasteiger partial charge is 0.381 e. The summed E-state index contributed by atoms with van der Waals surface area (Å²) in [6, 6.07) is 0. The van der Waals surface area contributed by atoms with Gasteiger partial charge in [-0.2, -0.15) is 0 Å². The van der Waals surface area contributed by atoms with Gasteiger partial charge in [-0.3, -0.25) is 9.89 Å². The van der Waals surface area contributed by atoms with Gasteiger partial charge in [0.2, 0.25) is 0 Å². The van der Waals surface area contributed by atoms with Gasteiger partial charge in [0.1, 0.15) is 0 Å². The molecular weight excluding hydrogens is 302 g/mol. The van der Waals surface area contributed by atoms with E-state index in [1.807, 2.05) is 0 Å². The van der Waals surface area contributed by atoms with E-state index in [0.29, 0.717) is 0 Å². The van der Waals surface area contributed by atoms with Crippen molar-refractivity contribution in [3.05, 3.63) is 0 Å². The number of piperazine rings is 1. The summed E-state index contributed by atoms with van der Waals surface area (Å²) in [6.07, 6.45) is 2.52. The molecule has 3 rings (SSSR count). The topological polar surface area (TPSA) is 43.3 Å². The maximum Gasteiger partial charge on any atom is 0.194 e. The molecule has 0 aliphatic carbocycles. The zero-order valence-corrected chi connectivity index (χ0v) is 15.5. The number of rotatable bonds is 5. The summed E-state index contributed by atoms with van der Waals surface area (Å²) in [6.45, 7) is 14.1. The van der Waals surface area contributed by atoms with Gasteiger partial charge >= 0.3 is 0 Å². The molecule has 0 aromatic rings. The van der Waals surface area contributed by atoms with Crippen LogP contribution in [-0.2, 0) is 4.74 Å². The summed E-state index contributed by atoms with van der Waals surface area (Å²) in [7, 11) is 2.21. The van der Waals surface area contributed by atoms with Gasteiger partial charge in [-0.05, 0) is 45.2 Å². The fourth-order valence-corrected chi connectivity index (χ4v) is 4.05. The molecule has 24 heavy (non-hydrogen) atoms. The van der Waals surface area contributed by atoms with E-state index in [1.165, 1.54) is 32.5 Å². The van der Waals surface area contributed by atoms with Gasteiger partial charge in [-0.25, -0.2) is 0 Å². The van der Waals surface area contributed by atoms with E-state index in [0.717, 1.165) is 70.3 Å². The second-order valence-corrected chi connectivity index (χ2v) is 7.63. The summed E-state index contributed by atoms with van der Waals surface area (Å²) in [5.41, 5.74) is 0. The summed E-state index contributed by atoms with van der Waals surface area (Å²) in [5.74, 6) is 2.60. The molecule has 0 aromatic carbocycles. The van der Waals surface area contributed by atoms with Crippen molar-refractivity contribution in [1.29, 1.82) is 0 Å². The van der Waals surface area contributed by atoms with E-state index < -0.39 is 0 Å². The number of nitrogens with one attached hydrogen (secondary N) is 1. The summed E-state index contributed by atoms with van der Waals surface area (Å²) >= 11 is 0. The van der Waals surface area contributed by atoms with Crippen LogP contribution in [0.25, 0.3) is 0 Å². The van der Waals surface area contributed by atoms with Gasteiger partial charge in [-0.1, -0.05) is 0 Å². The van der Waals surface area contributed by atoms with Crippen molar-refractivity contribution in [3.63, 3.8) is 0 Å². The predicted molar refractivity (Wildman–Crippen MR) is 98.5 cm³/mol. The average molecular weight is 338 g/mol. The van der Waals surface area contributed by atoms with Gasteiger partial charge in [0.25, 0.3) is 0 Å². The molecule has 3 fully saturated rings. The number of ether oxygens (including phenoxy) is 1. The molecule has 3 heterocycles. The zero-order chi connectivity index (χ0) is 16.8. The van der Waals surface area contributed by atoms with E-state index >= 15 is 0 Å². The standard InChI is InChI=1S/C18H35N5O/c1-3-19-18(20-12-16-4-6-21(2)13-16)23-9-7-22(8-10-23)14-17-5-11-24-15-17/h16-17H,3-15H2,1-2H3,(H,19,20). The molecule has 138 valence electrons. The highest BCUT2D eigenvalue weighted by atomic mass is 16.5.